The lowest BCUT2D eigenvalue weighted by atomic mass is 10.3. The third-order valence-electron chi connectivity index (χ3n) is 5.80. The second-order valence-electron chi connectivity index (χ2n) is 9.49. The number of ether oxygens (including phenoxy) is 14. The highest BCUT2D eigenvalue weighted by atomic mass is 127. The summed E-state index contributed by atoms with van der Waals surface area (Å²) in [7, 11) is 3.29. The maximum absolute atomic E-state index is 6.02. The summed E-state index contributed by atoms with van der Waals surface area (Å²) in [5.74, 6) is 1.40. The summed E-state index contributed by atoms with van der Waals surface area (Å²) in [4.78, 5) is 0. The van der Waals surface area contributed by atoms with Crippen LogP contribution in [0.4, 0.5) is 0 Å². The van der Waals surface area contributed by atoms with Gasteiger partial charge >= 0.3 is 0 Å². The molecule has 0 radical (unpaired) electrons. The molecule has 0 spiro atoms. The Balaban J connectivity index is 1.98. The lowest BCUT2D eigenvalue weighted by molar-refractivity contribution is -0.0163. The van der Waals surface area contributed by atoms with Gasteiger partial charge in [0, 0.05) is 14.2 Å². The van der Waals surface area contributed by atoms with Crippen LogP contribution in [0, 0.1) is 7.14 Å². The van der Waals surface area contributed by atoms with Crippen LogP contribution in [0.1, 0.15) is 0 Å². The summed E-state index contributed by atoms with van der Waals surface area (Å²) in [5, 5.41) is 0. The molecule has 1 aromatic rings. The van der Waals surface area contributed by atoms with E-state index in [-0.39, 0.29) is 0 Å². The number of benzene rings is 1. The molecule has 0 fully saturated rings. The van der Waals surface area contributed by atoms with Gasteiger partial charge in [0.05, 0.1) is 152 Å². The van der Waals surface area contributed by atoms with Crippen LogP contribution in [0.5, 0.6) is 11.5 Å². The highest BCUT2D eigenvalue weighted by Crippen LogP contribution is 2.36. The van der Waals surface area contributed by atoms with Crippen molar-refractivity contribution < 1.29 is 66.3 Å². The zero-order valence-electron chi connectivity index (χ0n) is 28.6. The number of halogens is 2. The van der Waals surface area contributed by atoms with E-state index in [1.54, 1.807) is 14.2 Å². The van der Waals surface area contributed by atoms with Crippen LogP contribution in [0.15, 0.2) is 12.1 Å². The number of hydrogen-bond donors (Lipinski definition) is 0. The second kappa shape index (κ2) is 36.6. The Labute approximate surface area is 313 Å². The van der Waals surface area contributed by atoms with Crippen molar-refractivity contribution in [2.24, 2.45) is 0 Å². The molecule has 0 unspecified atom stereocenters. The van der Waals surface area contributed by atoms with Crippen LogP contribution in [0.3, 0.4) is 0 Å². The van der Waals surface area contributed by atoms with Crippen LogP contribution >= 0.6 is 45.2 Å². The van der Waals surface area contributed by atoms with Gasteiger partial charge in [0.1, 0.15) is 13.2 Å². The predicted octanol–water partition coefficient (Wildman–Crippen LogP) is 3.11. The van der Waals surface area contributed by atoms with Gasteiger partial charge in [0.15, 0.2) is 11.5 Å². The molecule has 0 saturated carbocycles. The van der Waals surface area contributed by atoms with E-state index in [1.165, 1.54) is 0 Å². The van der Waals surface area contributed by atoms with E-state index in [2.05, 4.69) is 45.2 Å². The average molecular weight is 919 g/mol. The number of hydrogen-bond acceptors (Lipinski definition) is 14. The Kier molecular flexibility index (Phi) is 34.9. The summed E-state index contributed by atoms with van der Waals surface area (Å²) in [5.41, 5.74) is 0. The molecule has 0 aliphatic carbocycles. The fraction of sp³-hybridized carbons (Fsp3) is 0.812. The highest BCUT2D eigenvalue weighted by Gasteiger charge is 2.14. The first kappa shape index (κ1) is 45.8. The first-order valence-corrected chi connectivity index (χ1v) is 18.3. The van der Waals surface area contributed by atoms with Crippen molar-refractivity contribution in [1.29, 1.82) is 0 Å². The van der Waals surface area contributed by atoms with Crippen LogP contribution in [-0.2, 0) is 56.8 Å². The fourth-order valence-electron chi connectivity index (χ4n) is 3.44. The summed E-state index contributed by atoms with van der Waals surface area (Å²) in [6.45, 7) is 12.1. The van der Waals surface area contributed by atoms with Gasteiger partial charge in [-0.3, -0.25) is 0 Å². The summed E-state index contributed by atoms with van der Waals surface area (Å²) < 4.78 is 78.6. The van der Waals surface area contributed by atoms with Gasteiger partial charge in [-0.05, 0) is 57.3 Å². The molecule has 0 aliphatic heterocycles. The van der Waals surface area contributed by atoms with E-state index in [9.17, 15) is 0 Å². The Morgan fingerprint density at radius 3 is 0.708 bits per heavy atom. The van der Waals surface area contributed by atoms with E-state index >= 15 is 0 Å². The van der Waals surface area contributed by atoms with E-state index in [0.717, 1.165) is 7.14 Å². The topological polar surface area (TPSA) is 129 Å². The molecule has 0 atom stereocenters. The Morgan fingerprint density at radius 1 is 0.312 bits per heavy atom. The molecule has 1 rings (SSSR count). The van der Waals surface area contributed by atoms with Crippen LogP contribution in [-0.4, -0.2) is 173 Å². The van der Waals surface area contributed by atoms with Crippen molar-refractivity contribution in [3.63, 3.8) is 0 Å². The van der Waals surface area contributed by atoms with Crippen molar-refractivity contribution in [2.45, 2.75) is 0 Å². The molecular formula is C32H56I2O14. The SMILES string of the molecule is COCCOCCOCCOCCOCCOCCOc1c(I)ccc(I)c1OCCOCCOCCOCCOCCOCCOC. The van der Waals surface area contributed by atoms with E-state index < -0.39 is 0 Å². The molecule has 0 saturated heterocycles. The lowest BCUT2D eigenvalue weighted by Gasteiger charge is -2.16. The summed E-state index contributed by atoms with van der Waals surface area (Å²) in [6.07, 6.45) is 0. The largest absolute Gasteiger partial charge is 0.486 e. The molecule has 1 aromatic carbocycles. The van der Waals surface area contributed by atoms with Gasteiger partial charge < -0.3 is 66.3 Å². The van der Waals surface area contributed by atoms with Crippen molar-refractivity contribution in [3.8, 4) is 11.5 Å². The maximum atomic E-state index is 6.02. The highest BCUT2D eigenvalue weighted by molar-refractivity contribution is 14.1. The lowest BCUT2D eigenvalue weighted by Crippen LogP contribution is -2.15. The summed E-state index contributed by atoms with van der Waals surface area (Å²) in [6, 6.07) is 4.00. The molecule has 0 amide bonds. The molecule has 0 heterocycles. The fourth-order valence-corrected chi connectivity index (χ4v) is 4.60. The average Bonchev–Trinajstić information content (AvgIpc) is 3.09. The first-order valence-electron chi connectivity index (χ1n) is 16.2. The first-order chi connectivity index (χ1) is 23.7. The molecule has 0 aromatic heterocycles. The van der Waals surface area contributed by atoms with Crippen molar-refractivity contribution >= 4 is 45.2 Å². The van der Waals surface area contributed by atoms with Gasteiger partial charge in [-0.15, -0.1) is 0 Å². The van der Waals surface area contributed by atoms with Gasteiger partial charge in [-0.1, -0.05) is 0 Å². The summed E-state index contributed by atoms with van der Waals surface area (Å²) >= 11 is 4.48. The molecule has 48 heavy (non-hydrogen) atoms. The predicted molar refractivity (Wildman–Crippen MR) is 195 cm³/mol. The smallest absolute Gasteiger partial charge is 0.175 e. The second-order valence-corrected chi connectivity index (χ2v) is 11.8. The third kappa shape index (κ3) is 28.5. The molecule has 16 heteroatoms. The van der Waals surface area contributed by atoms with Gasteiger partial charge in [0.25, 0.3) is 0 Å². The molecule has 0 N–H and O–H groups in total. The van der Waals surface area contributed by atoms with E-state index in [4.69, 9.17) is 66.3 Å². The van der Waals surface area contributed by atoms with Crippen molar-refractivity contribution in [3.05, 3.63) is 19.3 Å². The molecular weight excluding hydrogens is 862 g/mol. The van der Waals surface area contributed by atoms with Crippen molar-refractivity contribution in [1.82, 2.24) is 0 Å². The maximum Gasteiger partial charge on any atom is 0.175 e. The minimum atomic E-state index is 0.391. The van der Waals surface area contributed by atoms with E-state index in [1.807, 2.05) is 12.1 Å². The zero-order chi connectivity index (χ0) is 34.6. The van der Waals surface area contributed by atoms with Crippen molar-refractivity contribution in [2.75, 3.05) is 173 Å². The minimum absolute atomic E-state index is 0.391. The standard InChI is InChI=1S/C32H56I2O14/c1-35-5-7-37-9-11-39-13-15-41-17-19-43-21-23-45-25-27-47-31-29(33)3-4-30(34)32(31)48-28-26-46-24-22-44-20-18-42-16-14-40-12-10-38-8-6-36-2/h3-4H,5-28H2,1-2H3. The van der Waals surface area contributed by atoms with Gasteiger partial charge in [-0.25, -0.2) is 0 Å². The van der Waals surface area contributed by atoms with E-state index in [0.29, 0.717) is 170 Å². The molecule has 282 valence electrons. The van der Waals surface area contributed by atoms with Crippen LogP contribution in [0.25, 0.3) is 0 Å². The minimum Gasteiger partial charge on any atom is -0.486 e. The Hall–Kier alpha value is -0.200. The molecule has 0 aliphatic rings. The zero-order valence-corrected chi connectivity index (χ0v) is 32.9. The molecule has 0 bridgehead atoms. The number of rotatable bonds is 38. The monoisotopic (exact) mass is 918 g/mol. The Morgan fingerprint density at radius 2 is 0.500 bits per heavy atom. The molecule has 14 nitrogen and oxygen atoms in total. The van der Waals surface area contributed by atoms with Gasteiger partial charge in [0.2, 0.25) is 0 Å². The van der Waals surface area contributed by atoms with Crippen LogP contribution < -0.4 is 9.47 Å². The Bertz CT molecular complexity index is 762. The number of methoxy groups -OCH3 is 2. The normalized spacial score (nSPS) is 11.4. The van der Waals surface area contributed by atoms with Gasteiger partial charge in [-0.2, -0.15) is 0 Å². The van der Waals surface area contributed by atoms with Crippen LogP contribution in [0.2, 0.25) is 0 Å². The quantitative estimate of drug-likeness (QED) is 0.0712. The third-order valence-corrected chi connectivity index (χ3v) is 7.50.